The zero-order valence-electron chi connectivity index (χ0n) is 14.8. The third-order valence-corrected chi connectivity index (χ3v) is 4.56. The van der Waals surface area contributed by atoms with Gasteiger partial charge in [0.1, 0.15) is 12.4 Å². The summed E-state index contributed by atoms with van der Waals surface area (Å²) in [6, 6.07) is 11.7. The van der Waals surface area contributed by atoms with Crippen LogP contribution in [0.1, 0.15) is 37.4 Å². The lowest BCUT2D eigenvalue weighted by Crippen LogP contribution is -2.39. The van der Waals surface area contributed by atoms with Gasteiger partial charge in [0.15, 0.2) is 0 Å². The molecule has 0 aliphatic carbocycles. The maximum atomic E-state index is 12.3. The van der Waals surface area contributed by atoms with Crippen molar-refractivity contribution >= 4 is 6.03 Å². The van der Waals surface area contributed by atoms with Gasteiger partial charge in [-0.15, -0.1) is 0 Å². The van der Waals surface area contributed by atoms with E-state index in [1.807, 2.05) is 48.2 Å². The number of carbonyl (C=O) groups excluding carboxylic acids is 1. The summed E-state index contributed by atoms with van der Waals surface area (Å²) in [7, 11) is 0. The number of nitrogens with zero attached hydrogens (tertiary/aromatic N) is 2. The SMILES string of the molecule is C[C@H]1CCN(C(=O)N[C@H](C)c2ccc(OCc3cccnc3)cc2)C1. The number of nitrogens with one attached hydrogen (secondary N) is 1. The van der Waals surface area contributed by atoms with Crippen LogP contribution in [-0.4, -0.2) is 29.0 Å². The van der Waals surface area contributed by atoms with E-state index in [1.54, 1.807) is 12.4 Å². The van der Waals surface area contributed by atoms with E-state index in [9.17, 15) is 4.79 Å². The zero-order valence-corrected chi connectivity index (χ0v) is 14.8. The predicted octanol–water partition coefficient (Wildman–Crippen LogP) is 3.77. The van der Waals surface area contributed by atoms with Crippen molar-refractivity contribution in [3.63, 3.8) is 0 Å². The topological polar surface area (TPSA) is 54.5 Å². The molecule has 1 aromatic carbocycles. The number of aromatic nitrogens is 1. The highest BCUT2D eigenvalue weighted by Gasteiger charge is 2.24. The molecule has 2 amide bonds. The van der Waals surface area contributed by atoms with E-state index in [0.29, 0.717) is 12.5 Å². The average molecular weight is 339 g/mol. The van der Waals surface area contributed by atoms with Gasteiger partial charge in [0.25, 0.3) is 0 Å². The third-order valence-electron chi connectivity index (χ3n) is 4.56. The van der Waals surface area contributed by atoms with Gasteiger partial charge in [-0.1, -0.05) is 25.1 Å². The zero-order chi connectivity index (χ0) is 17.6. The minimum absolute atomic E-state index is 0.0220. The molecule has 25 heavy (non-hydrogen) atoms. The molecule has 5 nitrogen and oxygen atoms in total. The first kappa shape index (κ1) is 17.3. The molecule has 0 spiro atoms. The van der Waals surface area contributed by atoms with Gasteiger partial charge in [-0.3, -0.25) is 4.98 Å². The lowest BCUT2D eigenvalue weighted by atomic mass is 10.1. The first-order chi connectivity index (χ1) is 12.1. The Morgan fingerprint density at radius 1 is 1.36 bits per heavy atom. The van der Waals surface area contributed by atoms with Crippen molar-refractivity contribution in [2.75, 3.05) is 13.1 Å². The van der Waals surface area contributed by atoms with Gasteiger partial charge in [0, 0.05) is 31.0 Å². The predicted molar refractivity (Wildman–Crippen MR) is 97.3 cm³/mol. The van der Waals surface area contributed by atoms with Crippen molar-refractivity contribution in [1.82, 2.24) is 15.2 Å². The minimum atomic E-state index is -0.0317. The normalized spacial score (nSPS) is 18.0. The number of carbonyl (C=O) groups is 1. The molecule has 1 saturated heterocycles. The summed E-state index contributed by atoms with van der Waals surface area (Å²) in [5.41, 5.74) is 2.10. The van der Waals surface area contributed by atoms with Crippen LogP contribution in [0.2, 0.25) is 0 Å². The Bertz CT molecular complexity index is 688. The van der Waals surface area contributed by atoms with Crippen LogP contribution in [0.5, 0.6) is 5.75 Å². The fraction of sp³-hybridized carbons (Fsp3) is 0.400. The second-order valence-corrected chi connectivity index (χ2v) is 6.73. The van der Waals surface area contributed by atoms with Crippen LogP contribution in [0.3, 0.4) is 0 Å². The molecule has 0 bridgehead atoms. The molecule has 2 aromatic rings. The van der Waals surface area contributed by atoms with E-state index in [2.05, 4.69) is 17.2 Å². The summed E-state index contributed by atoms with van der Waals surface area (Å²) < 4.78 is 5.77. The maximum Gasteiger partial charge on any atom is 0.317 e. The Morgan fingerprint density at radius 2 is 2.16 bits per heavy atom. The maximum absolute atomic E-state index is 12.3. The number of amides is 2. The van der Waals surface area contributed by atoms with Crippen LogP contribution in [-0.2, 0) is 6.61 Å². The van der Waals surface area contributed by atoms with Gasteiger partial charge < -0.3 is 15.0 Å². The Labute approximate surface area is 149 Å². The van der Waals surface area contributed by atoms with Crippen LogP contribution in [0.15, 0.2) is 48.8 Å². The molecule has 0 unspecified atom stereocenters. The second kappa shape index (κ2) is 8.01. The van der Waals surface area contributed by atoms with Crippen LogP contribution in [0.4, 0.5) is 4.79 Å². The molecule has 1 aliphatic heterocycles. The molecule has 2 atom stereocenters. The number of hydrogen-bond acceptors (Lipinski definition) is 3. The van der Waals surface area contributed by atoms with Crippen molar-refractivity contribution in [2.24, 2.45) is 5.92 Å². The first-order valence-electron chi connectivity index (χ1n) is 8.79. The molecule has 1 aliphatic rings. The molecule has 5 heteroatoms. The number of pyridine rings is 1. The highest BCUT2D eigenvalue weighted by atomic mass is 16.5. The van der Waals surface area contributed by atoms with E-state index in [0.717, 1.165) is 36.4 Å². The van der Waals surface area contributed by atoms with Gasteiger partial charge in [0.05, 0.1) is 6.04 Å². The number of benzene rings is 1. The molecule has 1 N–H and O–H groups in total. The highest BCUT2D eigenvalue weighted by Crippen LogP contribution is 2.20. The number of likely N-dealkylation sites (tertiary alicyclic amines) is 1. The Kier molecular flexibility index (Phi) is 5.53. The molecule has 132 valence electrons. The van der Waals surface area contributed by atoms with Gasteiger partial charge >= 0.3 is 6.03 Å². The summed E-state index contributed by atoms with van der Waals surface area (Å²) in [6.07, 6.45) is 4.63. The van der Waals surface area contributed by atoms with Gasteiger partial charge in [-0.2, -0.15) is 0 Å². The molecular formula is C20H25N3O2. The Morgan fingerprint density at radius 3 is 2.80 bits per heavy atom. The lowest BCUT2D eigenvalue weighted by molar-refractivity contribution is 0.204. The highest BCUT2D eigenvalue weighted by molar-refractivity contribution is 5.75. The van der Waals surface area contributed by atoms with Crippen LogP contribution in [0, 0.1) is 5.92 Å². The molecule has 3 rings (SSSR count). The summed E-state index contributed by atoms with van der Waals surface area (Å²) in [4.78, 5) is 18.3. The van der Waals surface area contributed by atoms with Crippen molar-refractivity contribution in [3.05, 3.63) is 59.9 Å². The molecule has 1 fully saturated rings. The standard InChI is InChI=1S/C20H25N3O2/c1-15-9-11-23(13-15)20(24)22-16(2)18-5-7-19(8-6-18)25-14-17-4-3-10-21-12-17/h3-8,10,12,15-16H,9,11,13-14H2,1-2H3,(H,22,24)/t15-,16+/m0/s1. The van der Waals surface area contributed by atoms with E-state index in [4.69, 9.17) is 4.74 Å². The summed E-state index contributed by atoms with van der Waals surface area (Å²) in [5, 5.41) is 3.07. The smallest absolute Gasteiger partial charge is 0.317 e. The van der Waals surface area contributed by atoms with E-state index in [1.165, 1.54) is 0 Å². The van der Waals surface area contributed by atoms with Crippen molar-refractivity contribution in [3.8, 4) is 5.75 Å². The fourth-order valence-corrected chi connectivity index (χ4v) is 2.98. The average Bonchev–Trinajstić information content (AvgIpc) is 3.08. The number of ether oxygens (including phenoxy) is 1. The minimum Gasteiger partial charge on any atom is -0.489 e. The lowest BCUT2D eigenvalue weighted by Gasteiger charge is -2.21. The van der Waals surface area contributed by atoms with E-state index in [-0.39, 0.29) is 12.1 Å². The summed E-state index contributed by atoms with van der Waals surface area (Å²) in [6.45, 7) is 6.37. The monoisotopic (exact) mass is 339 g/mol. The van der Waals surface area contributed by atoms with Gasteiger partial charge in [-0.05, 0) is 43.0 Å². The quantitative estimate of drug-likeness (QED) is 0.902. The van der Waals surface area contributed by atoms with Crippen molar-refractivity contribution < 1.29 is 9.53 Å². The molecular weight excluding hydrogens is 314 g/mol. The van der Waals surface area contributed by atoms with Gasteiger partial charge in [-0.25, -0.2) is 4.79 Å². The Hall–Kier alpha value is -2.56. The van der Waals surface area contributed by atoms with E-state index < -0.39 is 0 Å². The number of hydrogen-bond donors (Lipinski definition) is 1. The number of rotatable bonds is 5. The van der Waals surface area contributed by atoms with Crippen molar-refractivity contribution in [1.29, 1.82) is 0 Å². The van der Waals surface area contributed by atoms with Crippen LogP contribution in [0.25, 0.3) is 0 Å². The fourth-order valence-electron chi connectivity index (χ4n) is 2.98. The van der Waals surface area contributed by atoms with Gasteiger partial charge in [0.2, 0.25) is 0 Å². The summed E-state index contributed by atoms with van der Waals surface area (Å²) in [5.74, 6) is 1.40. The molecule has 2 heterocycles. The van der Waals surface area contributed by atoms with Crippen LogP contribution >= 0.6 is 0 Å². The first-order valence-corrected chi connectivity index (χ1v) is 8.79. The molecule has 0 saturated carbocycles. The largest absolute Gasteiger partial charge is 0.489 e. The number of urea groups is 1. The summed E-state index contributed by atoms with van der Waals surface area (Å²) >= 11 is 0. The third kappa shape index (κ3) is 4.72. The molecule has 0 radical (unpaired) electrons. The molecule has 1 aromatic heterocycles. The van der Waals surface area contributed by atoms with E-state index >= 15 is 0 Å². The van der Waals surface area contributed by atoms with Crippen LogP contribution < -0.4 is 10.1 Å². The van der Waals surface area contributed by atoms with Crippen molar-refractivity contribution in [2.45, 2.75) is 32.9 Å². The second-order valence-electron chi connectivity index (χ2n) is 6.73. The Balaban J connectivity index is 1.51.